The minimum atomic E-state index is -0.139. The zero-order valence-corrected chi connectivity index (χ0v) is 12.3. The van der Waals surface area contributed by atoms with E-state index in [1.54, 1.807) is 35.0 Å². The maximum atomic E-state index is 12.0. The highest BCUT2D eigenvalue weighted by Gasteiger charge is 2.05. The molecule has 1 N–H and O–H groups in total. The van der Waals surface area contributed by atoms with E-state index in [0.717, 1.165) is 18.4 Å². The molecule has 0 aliphatic carbocycles. The smallest absolute Gasteiger partial charge is 0.252 e. The Morgan fingerprint density at radius 3 is 2.87 bits per heavy atom. The minimum Gasteiger partial charge on any atom is -0.352 e. The van der Waals surface area contributed by atoms with Crippen LogP contribution in [0, 0.1) is 11.3 Å². The molecular formula is C16H14N6O. The fraction of sp³-hybridized carbons (Fsp3) is 0.188. The summed E-state index contributed by atoms with van der Waals surface area (Å²) < 4.78 is 1.63. The number of hydrogen-bond acceptors (Lipinski definition) is 5. The van der Waals surface area contributed by atoms with Crippen LogP contribution in [0.1, 0.15) is 27.9 Å². The van der Waals surface area contributed by atoms with Crippen LogP contribution < -0.4 is 5.32 Å². The van der Waals surface area contributed by atoms with Crippen molar-refractivity contribution >= 4 is 11.7 Å². The number of carbonyl (C=O) groups excluding carboxylic acids is 1. The summed E-state index contributed by atoms with van der Waals surface area (Å²) >= 11 is 0. The van der Waals surface area contributed by atoms with Gasteiger partial charge in [0.15, 0.2) is 0 Å². The number of amides is 1. The molecule has 1 amide bonds. The number of aromatic nitrogens is 4. The Bertz CT molecular complexity index is 862. The number of fused-ring (bicyclic) bond motifs is 1. The van der Waals surface area contributed by atoms with E-state index in [1.165, 1.54) is 6.33 Å². The van der Waals surface area contributed by atoms with Crippen LogP contribution in [-0.2, 0) is 6.42 Å². The van der Waals surface area contributed by atoms with Gasteiger partial charge in [-0.25, -0.2) is 9.50 Å². The first-order valence-corrected chi connectivity index (χ1v) is 7.19. The molecule has 0 saturated carbocycles. The summed E-state index contributed by atoms with van der Waals surface area (Å²) in [6.07, 6.45) is 6.70. The van der Waals surface area contributed by atoms with E-state index in [-0.39, 0.29) is 5.91 Å². The number of rotatable bonds is 5. The molecule has 0 saturated heterocycles. The van der Waals surface area contributed by atoms with Crippen molar-refractivity contribution in [2.75, 3.05) is 6.54 Å². The number of nitrogens with one attached hydrogen (secondary N) is 1. The van der Waals surface area contributed by atoms with Crippen molar-refractivity contribution < 1.29 is 4.79 Å². The average Bonchev–Trinajstić information content (AvgIpc) is 3.06. The molecule has 0 aliphatic rings. The number of hydrogen-bond donors (Lipinski definition) is 1. The number of nitrogens with zero attached hydrogens (tertiary/aromatic N) is 5. The van der Waals surface area contributed by atoms with Gasteiger partial charge in [-0.05, 0) is 42.7 Å². The third-order valence-corrected chi connectivity index (χ3v) is 3.39. The fourth-order valence-corrected chi connectivity index (χ4v) is 2.18. The van der Waals surface area contributed by atoms with Gasteiger partial charge in [-0.2, -0.15) is 15.3 Å². The Kier molecular flexibility index (Phi) is 4.25. The molecule has 1 aromatic carbocycles. The normalized spacial score (nSPS) is 10.4. The van der Waals surface area contributed by atoms with Gasteiger partial charge in [-0.15, -0.1) is 0 Å². The van der Waals surface area contributed by atoms with Crippen molar-refractivity contribution in [1.29, 1.82) is 5.26 Å². The zero-order chi connectivity index (χ0) is 16.1. The summed E-state index contributed by atoms with van der Waals surface area (Å²) in [5, 5.41) is 15.6. The van der Waals surface area contributed by atoms with Crippen molar-refractivity contribution in [3.8, 4) is 6.07 Å². The molecule has 114 valence electrons. The monoisotopic (exact) mass is 306 g/mol. The third kappa shape index (κ3) is 3.49. The highest BCUT2D eigenvalue weighted by molar-refractivity contribution is 5.94. The Morgan fingerprint density at radius 2 is 2.09 bits per heavy atom. The van der Waals surface area contributed by atoms with Gasteiger partial charge < -0.3 is 5.32 Å². The van der Waals surface area contributed by atoms with Crippen LogP contribution in [-0.4, -0.2) is 32.0 Å². The number of benzene rings is 1. The van der Waals surface area contributed by atoms with Crippen LogP contribution in [0.3, 0.4) is 0 Å². The van der Waals surface area contributed by atoms with Crippen LogP contribution in [0.4, 0.5) is 0 Å². The maximum absolute atomic E-state index is 12.0. The van der Waals surface area contributed by atoms with Crippen molar-refractivity contribution in [2.24, 2.45) is 0 Å². The van der Waals surface area contributed by atoms with E-state index in [9.17, 15) is 4.79 Å². The van der Waals surface area contributed by atoms with E-state index >= 15 is 0 Å². The number of carbonyl (C=O) groups is 1. The van der Waals surface area contributed by atoms with Crippen molar-refractivity contribution in [3.05, 3.63) is 59.7 Å². The summed E-state index contributed by atoms with van der Waals surface area (Å²) in [5.41, 5.74) is 2.13. The minimum absolute atomic E-state index is 0.139. The molecule has 3 aromatic rings. The lowest BCUT2D eigenvalue weighted by atomic mass is 10.1. The molecule has 0 bridgehead atoms. The van der Waals surface area contributed by atoms with Gasteiger partial charge in [-0.1, -0.05) is 0 Å². The van der Waals surface area contributed by atoms with Gasteiger partial charge in [0.05, 0.1) is 11.6 Å². The Labute approximate surface area is 132 Å². The zero-order valence-electron chi connectivity index (χ0n) is 12.3. The lowest BCUT2D eigenvalue weighted by molar-refractivity contribution is 0.0953. The van der Waals surface area contributed by atoms with Crippen LogP contribution in [0.5, 0.6) is 0 Å². The number of nitriles is 1. The molecule has 7 heteroatoms. The van der Waals surface area contributed by atoms with Gasteiger partial charge in [0.2, 0.25) is 0 Å². The molecule has 0 radical (unpaired) electrons. The first-order valence-electron chi connectivity index (χ1n) is 7.19. The number of aryl methyl sites for hydroxylation is 1. The van der Waals surface area contributed by atoms with Gasteiger partial charge in [0, 0.05) is 24.5 Å². The Hall–Kier alpha value is -3.27. The molecule has 0 atom stereocenters. The SMILES string of the molecule is N#Cc1ccc(C(=O)NCCCc2cnc3ncnn3c2)cc1. The van der Waals surface area contributed by atoms with Crippen molar-refractivity contribution in [2.45, 2.75) is 12.8 Å². The topological polar surface area (TPSA) is 96.0 Å². The highest BCUT2D eigenvalue weighted by atomic mass is 16.1. The second kappa shape index (κ2) is 6.66. The standard InChI is InChI=1S/C16H14N6O/c17-8-12-3-5-14(6-4-12)15(23)18-7-1-2-13-9-19-16-20-11-21-22(16)10-13/h3-6,9-11H,1-2,7H2,(H,18,23). The van der Waals surface area contributed by atoms with Gasteiger partial charge >= 0.3 is 0 Å². The molecule has 0 aliphatic heterocycles. The first kappa shape index (κ1) is 14.7. The van der Waals surface area contributed by atoms with E-state index in [1.807, 2.05) is 12.3 Å². The van der Waals surface area contributed by atoms with E-state index in [4.69, 9.17) is 5.26 Å². The lowest BCUT2D eigenvalue weighted by Crippen LogP contribution is -2.24. The van der Waals surface area contributed by atoms with E-state index < -0.39 is 0 Å². The molecule has 0 unspecified atom stereocenters. The van der Waals surface area contributed by atoms with E-state index in [2.05, 4.69) is 20.4 Å². The average molecular weight is 306 g/mol. The quantitative estimate of drug-likeness (QED) is 0.718. The van der Waals surface area contributed by atoms with Gasteiger partial charge in [0.25, 0.3) is 11.7 Å². The molecule has 2 heterocycles. The Morgan fingerprint density at radius 1 is 1.26 bits per heavy atom. The van der Waals surface area contributed by atoms with Crippen molar-refractivity contribution in [3.63, 3.8) is 0 Å². The summed E-state index contributed by atoms with van der Waals surface area (Å²) in [6, 6.07) is 8.59. The maximum Gasteiger partial charge on any atom is 0.252 e. The molecule has 3 rings (SSSR count). The summed E-state index contributed by atoms with van der Waals surface area (Å²) in [4.78, 5) is 20.2. The second-order valence-corrected chi connectivity index (χ2v) is 5.02. The fourth-order valence-electron chi connectivity index (χ4n) is 2.18. The first-order chi connectivity index (χ1) is 11.3. The summed E-state index contributed by atoms with van der Waals surface area (Å²) in [7, 11) is 0. The predicted molar refractivity (Wildman–Crippen MR) is 82.6 cm³/mol. The van der Waals surface area contributed by atoms with Gasteiger partial charge in [-0.3, -0.25) is 4.79 Å². The third-order valence-electron chi connectivity index (χ3n) is 3.39. The van der Waals surface area contributed by atoms with Crippen LogP contribution in [0.2, 0.25) is 0 Å². The van der Waals surface area contributed by atoms with Crippen molar-refractivity contribution in [1.82, 2.24) is 24.9 Å². The molecule has 23 heavy (non-hydrogen) atoms. The Balaban J connectivity index is 1.48. The van der Waals surface area contributed by atoms with Crippen LogP contribution in [0.25, 0.3) is 5.78 Å². The molecule has 7 nitrogen and oxygen atoms in total. The molecular weight excluding hydrogens is 292 g/mol. The molecule has 0 spiro atoms. The summed E-state index contributed by atoms with van der Waals surface area (Å²) in [5.74, 6) is 0.433. The highest BCUT2D eigenvalue weighted by Crippen LogP contribution is 2.04. The largest absolute Gasteiger partial charge is 0.352 e. The predicted octanol–water partition coefficient (Wildman–Crippen LogP) is 1.36. The molecule has 0 fully saturated rings. The molecule has 2 aromatic heterocycles. The summed E-state index contributed by atoms with van der Waals surface area (Å²) in [6.45, 7) is 0.564. The van der Waals surface area contributed by atoms with E-state index in [0.29, 0.717) is 23.4 Å². The van der Waals surface area contributed by atoms with Gasteiger partial charge in [0.1, 0.15) is 6.33 Å². The van der Waals surface area contributed by atoms with Crippen LogP contribution in [0.15, 0.2) is 43.0 Å². The van der Waals surface area contributed by atoms with Crippen LogP contribution >= 0.6 is 0 Å². The second-order valence-electron chi connectivity index (χ2n) is 5.02. The lowest BCUT2D eigenvalue weighted by Gasteiger charge is -2.05.